The van der Waals surface area contributed by atoms with E-state index in [0.717, 1.165) is 54.7 Å². The van der Waals surface area contributed by atoms with E-state index in [0.29, 0.717) is 11.1 Å². The summed E-state index contributed by atoms with van der Waals surface area (Å²) in [5.41, 5.74) is 6.53. The summed E-state index contributed by atoms with van der Waals surface area (Å²) in [6.07, 6.45) is 6.65. The molecule has 31 heavy (non-hydrogen) atoms. The molecule has 5 nitrogen and oxygen atoms in total. The Labute approximate surface area is 190 Å². The highest BCUT2D eigenvalue weighted by Crippen LogP contribution is 2.40. The van der Waals surface area contributed by atoms with Crippen molar-refractivity contribution in [2.45, 2.75) is 68.0 Å². The molecule has 0 bridgehead atoms. The number of aryl methyl sites for hydroxylation is 2. The summed E-state index contributed by atoms with van der Waals surface area (Å²) in [5, 5.41) is 18.5. The SMILES string of the molecule is CC(C)(O)c1cccc(Sc2nc(Nc3c4c(cc5c3CCC5)CCC4)n(SF)n2)c1. The third kappa shape index (κ3) is 4.08. The van der Waals surface area contributed by atoms with Crippen molar-refractivity contribution in [2.24, 2.45) is 0 Å². The van der Waals surface area contributed by atoms with Crippen molar-refractivity contribution in [1.29, 1.82) is 0 Å². The Morgan fingerprint density at radius 2 is 1.77 bits per heavy atom. The van der Waals surface area contributed by atoms with E-state index in [9.17, 15) is 8.99 Å². The van der Waals surface area contributed by atoms with Gasteiger partial charge in [0.05, 0.1) is 5.60 Å². The second kappa shape index (κ2) is 8.15. The van der Waals surface area contributed by atoms with Crippen LogP contribution in [0.2, 0.25) is 0 Å². The molecule has 2 aromatic carbocycles. The maximum Gasteiger partial charge on any atom is 0.239 e. The van der Waals surface area contributed by atoms with Crippen LogP contribution in [0.4, 0.5) is 15.5 Å². The van der Waals surface area contributed by atoms with Gasteiger partial charge < -0.3 is 10.4 Å². The van der Waals surface area contributed by atoms with Gasteiger partial charge in [0.25, 0.3) is 0 Å². The van der Waals surface area contributed by atoms with Crippen molar-refractivity contribution in [2.75, 3.05) is 5.32 Å². The standard InChI is InChI=1S/C23H25FN4OS2/c1-23(2,29)16-8-5-9-17(13-16)30-22-26-21(28(27-22)31-24)25-20-18-10-3-6-14(18)12-15-7-4-11-19(15)20/h5,8-9,12-13,29H,3-4,6-7,10-11H2,1-2H3,(H,25,26,27). The molecule has 8 heteroatoms. The minimum atomic E-state index is -0.932. The molecule has 0 saturated carbocycles. The van der Waals surface area contributed by atoms with Crippen LogP contribution in [0.5, 0.6) is 0 Å². The lowest BCUT2D eigenvalue weighted by atomic mass is 9.99. The zero-order chi connectivity index (χ0) is 21.6. The van der Waals surface area contributed by atoms with E-state index in [4.69, 9.17) is 0 Å². The predicted octanol–water partition coefficient (Wildman–Crippen LogP) is 5.76. The molecule has 2 N–H and O–H groups in total. The summed E-state index contributed by atoms with van der Waals surface area (Å²) in [6, 6.07) is 10.0. The van der Waals surface area contributed by atoms with Crippen LogP contribution in [0, 0.1) is 0 Å². The second-order valence-corrected chi connectivity index (χ2v) is 10.2. The van der Waals surface area contributed by atoms with Crippen LogP contribution in [0.25, 0.3) is 0 Å². The predicted molar refractivity (Wildman–Crippen MR) is 124 cm³/mol. The van der Waals surface area contributed by atoms with Crippen LogP contribution in [0.1, 0.15) is 54.5 Å². The first kappa shape index (κ1) is 20.8. The Hall–Kier alpha value is -2.03. The first-order valence-electron chi connectivity index (χ1n) is 10.6. The number of nitrogens with one attached hydrogen (secondary N) is 1. The van der Waals surface area contributed by atoms with E-state index >= 15 is 0 Å². The fourth-order valence-corrected chi connectivity index (χ4v) is 5.68. The average Bonchev–Trinajstić information content (AvgIpc) is 3.47. The molecule has 0 fully saturated rings. The van der Waals surface area contributed by atoms with Crippen LogP contribution >= 0.6 is 24.1 Å². The molecule has 2 aliphatic carbocycles. The van der Waals surface area contributed by atoms with E-state index in [1.54, 1.807) is 13.8 Å². The Kier molecular flexibility index (Phi) is 5.48. The summed E-state index contributed by atoms with van der Waals surface area (Å²) >= 11 is 1.40. The molecule has 0 unspecified atom stereocenters. The lowest BCUT2D eigenvalue weighted by Gasteiger charge is -2.18. The smallest absolute Gasteiger partial charge is 0.239 e. The first-order valence-corrected chi connectivity index (χ1v) is 12.1. The Morgan fingerprint density at radius 3 is 2.42 bits per heavy atom. The fourth-order valence-electron chi connectivity index (χ4n) is 4.57. The maximum atomic E-state index is 13.7. The quantitative estimate of drug-likeness (QED) is 0.492. The van der Waals surface area contributed by atoms with Gasteiger partial charge in [0, 0.05) is 10.6 Å². The van der Waals surface area contributed by atoms with E-state index in [1.165, 1.54) is 38.1 Å². The van der Waals surface area contributed by atoms with Crippen molar-refractivity contribution in [3.63, 3.8) is 0 Å². The van der Waals surface area contributed by atoms with E-state index < -0.39 is 5.60 Å². The number of halogens is 1. The van der Waals surface area contributed by atoms with Gasteiger partial charge >= 0.3 is 0 Å². The molecule has 0 radical (unpaired) electrons. The van der Waals surface area contributed by atoms with Crippen molar-refractivity contribution in [3.05, 3.63) is 58.1 Å². The lowest BCUT2D eigenvalue weighted by Crippen LogP contribution is -2.15. The van der Waals surface area contributed by atoms with E-state index in [-0.39, 0.29) is 12.3 Å². The Morgan fingerprint density at radius 1 is 1.06 bits per heavy atom. The van der Waals surface area contributed by atoms with Crippen LogP contribution in [-0.4, -0.2) is 19.3 Å². The number of hydrogen-bond donors (Lipinski definition) is 2. The fraction of sp³-hybridized carbons (Fsp3) is 0.391. The zero-order valence-electron chi connectivity index (χ0n) is 17.6. The molecule has 2 aliphatic rings. The monoisotopic (exact) mass is 456 g/mol. The summed E-state index contributed by atoms with van der Waals surface area (Å²) in [4.78, 5) is 5.49. The van der Waals surface area contributed by atoms with Crippen LogP contribution in [0.15, 0.2) is 40.4 Å². The molecule has 0 aliphatic heterocycles. The molecular weight excluding hydrogens is 431 g/mol. The molecule has 0 spiro atoms. The zero-order valence-corrected chi connectivity index (χ0v) is 19.2. The van der Waals surface area contributed by atoms with Crippen molar-refractivity contribution >= 4 is 35.7 Å². The molecule has 3 aromatic rings. The number of fused-ring (bicyclic) bond motifs is 2. The van der Waals surface area contributed by atoms with Crippen LogP contribution in [0.3, 0.4) is 0 Å². The summed E-state index contributed by atoms with van der Waals surface area (Å²) in [5.74, 6) is 0.406. The molecule has 0 saturated heterocycles. The van der Waals surface area contributed by atoms with Gasteiger partial charge in [-0.3, -0.25) is 0 Å². The minimum absolute atomic E-state index is 0.0473. The molecule has 162 valence electrons. The van der Waals surface area contributed by atoms with Crippen molar-refractivity contribution in [1.82, 2.24) is 14.2 Å². The van der Waals surface area contributed by atoms with E-state index in [2.05, 4.69) is 21.5 Å². The maximum absolute atomic E-state index is 13.7. The number of anilines is 2. The van der Waals surface area contributed by atoms with Gasteiger partial charge in [-0.05, 0) is 104 Å². The minimum Gasteiger partial charge on any atom is -0.386 e. The third-order valence-corrected chi connectivity index (χ3v) is 7.31. The van der Waals surface area contributed by atoms with E-state index in [1.807, 2.05) is 24.3 Å². The number of aliphatic hydroxyl groups is 1. The second-order valence-electron chi connectivity index (χ2n) is 8.71. The highest BCUT2D eigenvalue weighted by Gasteiger charge is 2.25. The first-order chi connectivity index (χ1) is 14.9. The molecule has 1 heterocycles. The molecule has 1 aromatic heterocycles. The molecule has 5 rings (SSSR count). The number of rotatable bonds is 6. The highest BCUT2D eigenvalue weighted by atomic mass is 32.2. The molecule has 0 amide bonds. The van der Waals surface area contributed by atoms with Crippen molar-refractivity contribution in [3.8, 4) is 0 Å². The Bertz CT molecular complexity index is 1110. The lowest BCUT2D eigenvalue weighted by molar-refractivity contribution is 0.0784. The van der Waals surface area contributed by atoms with Gasteiger partial charge in [0.1, 0.15) is 0 Å². The number of nitrogens with zero attached hydrogens (tertiary/aromatic N) is 3. The van der Waals surface area contributed by atoms with Gasteiger partial charge in [-0.25, -0.2) is 0 Å². The van der Waals surface area contributed by atoms with Gasteiger partial charge in [-0.15, -0.1) is 13.1 Å². The number of benzene rings is 2. The number of hydrogen-bond acceptors (Lipinski definition) is 6. The van der Waals surface area contributed by atoms with Crippen LogP contribution < -0.4 is 5.32 Å². The average molecular weight is 457 g/mol. The van der Waals surface area contributed by atoms with Gasteiger partial charge in [0.15, 0.2) is 12.3 Å². The van der Waals surface area contributed by atoms with Gasteiger partial charge in [0.2, 0.25) is 11.1 Å². The van der Waals surface area contributed by atoms with Gasteiger partial charge in [-0.2, -0.15) is 4.98 Å². The number of aromatic nitrogens is 3. The molecular formula is C23H25FN4OS2. The largest absolute Gasteiger partial charge is 0.386 e. The highest BCUT2D eigenvalue weighted by molar-refractivity contribution is 7.99. The summed E-state index contributed by atoms with van der Waals surface area (Å²) in [6.45, 7) is 3.50. The van der Waals surface area contributed by atoms with Crippen molar-refractivity contribution < 1.29 is 8.99 Å². The normalized spacial score (nSPS) is 15.2. The Balaban J connectivity index is 1.46. The van der Waals surface area contributed by atoms with Crippen LogP contribution in [-0.2, 0) is 31.3 Å². The van der Waals surface area contributed by atoms with Gasteiger partial charge in [-0.1, -0.05) is 18.2 Å². The topological polar surface area (TPSA) is 63.0 Å². The summed E-state index contributed by atoms with van der Waals surface area (Å²) in [7, 11) is 0. The molecule has 0 atom stereocenters. The summed E-state index contributed by atoms with van der Waals surface area (Å²) < 4.78 is 14.9. The third-order valence-electron chi connectivity index (χ3n) is 6.08.